The van der Waals surface area contributed by atoms with E-state index in [-0.39, 0.29) is 26.9 Å². The molecular weight excluding hydrogens is 540 g/mol. The van der Waals surface area contributed by atoms with Gasteiger partial charge in [-0.1, -0.05) is 35.8 Å². The van der Waals surface area contributed by atoms with Crippen molar-refractivity contribution >= 4 is 75.4 Å². The number of halogens is 6. The van der Waals surface area contributed by atoms with Crippen LogP contribution in [0.1, 0.15) is 27.4 Å². The summed E-state index contributed by atoms with van der Waals surface area (Å²) in [7, 11) is 0. The van der Waals surface area contributed by atoms with Crippen LogP contribution in [-0.4, -0.2) is 16.1 Å². The molecule has 1 fully saturated rings. The van der Waals surface area contributed by atoms with E-state index in [0.29, 0.717) is 11.3 Å². The summed E-state index contributed by atoms with van der Waals surface area (Å²) in [4.78, 5) is 25.6. The van der Waals surface area contributed by atoms with E-state index in [1.54, 1.807) is 6.07 Å². The first-order valence-corrected chi connectivity index (χ1v) is 11.7. The molecule has 2 amide bonds. The van der Waals surface area contributed by atoms with Crippen LogP contribution < -0.4 is 10.6 Å². The predicted molar refractivity (Wildman–Crippen MR) is 137 cm³/mol. The molecule has 3 aromatic carbocycles. The number of nitrogens with one attached hydrogen (secondary N) is 2. The molecule has 4 rings (SSSR count). The van der Waals surface area contributed by atoms with Crippen LogP contribution in [0.15, 0.2) is 67.2 Å². The van der Waals surface area contributed by atoms with Gasteiger partial charge in [-0.2, -0.15) is 0 Å². The molecule has 0 heterocycles. The van der Waals surface area contributed by atoms with Crippen molar-refractivity contribution in [2.75, 3.05) is 10.6 Å². The Morgan fingerprint density at radius 2 is 1.46 bits per heavy atom. The minimum Gasteiger partial charge on any atom is -0.326 e. The van der Waals surface area contributed by atoms with E-state index >= 15 is 0 Å². The van der Waals surface area contributed by atoms with Crippen LogP contribution in [0.25, 0.3) is 5.83 Å². The highest BCUT2D eigenvalue weighted by atomic mass is 35.5. The van der Waals surface area contributed by atoms with Crippen LogP contribution in [0.3, 0.4) is 0 Å². The molecule has 1 aliphatic rings. The first-order chi connectivity index (χ1) is 16.5. The van der Waals surface area contributed by atoms with Crippen LogP contribution >= 0.6 is 46.4 Å². The summed E-state index contributed by atoms with van der Waals surface area (Å²) in [6.07, 6.45) is 0. The standard InChI is InChI=1S/C25H16Cl4F2N2O2/c1-12(30)17-10-13(2-8-19(17)26)21-22(25(21,28)29)24(35)33-16-7-9-20(27)18(11-16)23(34)32-15-5-3-14(31)4-6-15/h2-11,21-22H,1H2,(H,32,34)(H,33,35). The number of rotatable bonds is 6. The third kappa shape index (κ3) is 5.31. The number of alkyl halides is 2. The summed E-state index contributed by atoms with van der Waals surface area (Å²) in [6.45, 7) is 3.26. The molecule has 0 aliphatic heterocycles. The lowest BCUT2D eigenvalue weighted by atomic mass is 10.0. The molecule has 0 bridgehead atoms. The summed E-state index contributed by atoms with van der Waals surface area (Å²) < 4.78 is 25.4. The number of hydrogen-bond donors (Lipinski definition) is 2. The molecule has 2 N–H and O–H groups in total. The maximum absolute atomic E-state index is 13.7. The van der Waals surface area contributed by atoms with E-state index in [1.165, 1.54) is 54.6 Å². The van der Waals surface area contributed by atoms with Gasteiger partial charge in [0.1, 0.15) is 16.0 Å². The van der Waals surface area contributed by atoms with E-state index < -0.39 is 39.6 Å². The zero-order valence-corrected chi connectivity index (χ0v) is 20.7. The fourth-order valence-corrected chi connectivity index (χ4v) is 4.99. The molecule has 0 aromatic heterocycles. The van der Waals surface area contributed by atoms with Gasteiger partial charge in [-0.15, -0.1) is 23.2 Å². The molecule has 1 aliphatic carbocycles. The molecule has 180 valence electrons. The largest absolute Gasteiger partial charge is 0.326 e. The van der Waals surface area contributed by atoms with Crippen LogP contribution in [0.4, 0.5) is 20.2 Å². The Bertz CT molecular complexity index is 1350. The van der Waals surface area contributed by atoms with Gasteiger partial charge in [-0.25, -0.2) is 8.78 Å². The van der Waals surface area contributed by atoms with Crippen molar-refractivity contribution in [3.05, 3.63) is 99.8 Å². The van der Waals surface area contributed by atoms with E-state index in [4.69, 9.17) is 46.4 Å². The summed E-state index contributed by atoms with van der Waals surface area (Å²) >= 11 is 25.0. The lowest BCUT2D eigenvalue weighted by Crippen LogP contribution is -2.18. The first kappa shape index (κ1) is 25.5. The van der Waals surface area contributed by atoms with Gasteiger partial charge < -0.3 is 10.6 Å². The minimum absolute atomic E-state index is 0.0907. The Labute approximate surface area is 219 Å². The van der Waals surface area contributed by atoms with Crippen molar-refractivity contribution in [1.82, 2.24) is 0 Å². The van der Waals surface area contributed by atoms with E-state index in [1.807, 2.05) is 0 Å². The second-order valence-corrected chi connectivity index (χ2v) is 10.2. The summed E-state index contributed by atoms with van der Waals surface area (Å²) in [6, 6.07) is 14.1. The molecule has 3 aromatic rings. The summed E-state index contributed by atoms with van der Waals surface area (Å²) in [5.74, 6) is -3.67. The monoisotopic (exact) mass is 554 g/mol. The topological polar surface area (TPSA) is 58.2 Å². The lowest BCUT2D eigenvalue weighted by Gasteiger charge is -2.10. The van der Waals surface area contributed by atoms with Crippen molar-refractivity contribution in [1.29, 1.82) is 0 Å². The predicted octanol–water partition coefficient (Wildman–Crippen LogP) is 7.85. The number of hydrogen-bond acceptors (Lipinski definition) is 2. The van der Waals surface area contributed by atoms with Gasteiger partial charge >= 0.3 is 0 Å². The van der Waals surface area contributed by atoms with E-state index in [2.05, 4.69) is 17.2 Å². The average Bonchev–Trinajstić information content (AvgIpc) is 3.38. The number of carbonyl (C=O) groups is 2. The van der Waals surface area contributed by atoms with Gasteiger partial charge in [0.05, 0.1) is 21.5 Å². The van der Waals surface area contributed by atoms with Crippen LogP contribution in [0.2, 0.25) is 10.0 Å². The fraction of sp³-hybridized carbons (Fsp3) is 0.120. The second kappa shape index (κ2) is 9.78. The Hall–Kier alpha value is -2.64. The fourth-order valence-electron chi connectivity index (χ4n) is 3.74. The van der Waals surface area contributed by atoms with Gasteiger partial charge in [0.25, 0.3) is 5.91 Å². The number of benzene rings is 3. The normalized spacial score (nSPS) is 18.0. The molecule has 0 radical (unpaired) electrons. The highest BCUT2D eigenvalue weighted by molar-refractivity contribution is 6.53. The maximum Gasteiger partial charge on any atom is 0.257 e. The third-order valence-corrected chi connectivity index (χ3v) is 7.16. The Kier molecular flexibility index (Phi) is 7.11. The number of amides is 2. The van der Waals surface area contributed by atoms with Crippen molar-refractivity contribution < 1.29 is 18.4 Å². The van der Waals surface area contributed by atoms with Crippen molar-refractivity contribution in [3.8, 4) is 0 Å². The minimum atomic E-state index is -1.43. The molecule has 1 saturated carbocycles. The summed E-state index contributed by atoms with van der Waals surface area (Å²) in [5.41, 5.74) is 1.37. The van der Waals surface area contributed by atoms with Crippen LogP contribution in [0.5, 0.6) is 0 Å². The van der Waals surface area contributed by atoms with Gasteiger partial charge in [0, 0.05) is 22.9 Å². The average molecular weight is 556 g/mol. The molecule has 4 nitrogen and oxygen atoms in total. The number of anilines is 2. The Morgan fingerprint density at radius 3 is 2.11 bits per heavy atom. The van der Waals surface area contributed by atoms with Crippen molar-refractivity contribution in [3.63, 3.8) is 0 Å². The van der Waals surface area contributed by atoms with Crippen LogP contribution in [-0.2, 0) is 4.79 Å². The van der Waals surface area contributed by atoms with Gasteiger partial charge in [0.15, 0.2) is 0 Å². The van der Waals surface area contributed by atoms with Crippen LogP contribution in [0, 0.1) is 11.7 Å². The third-order valence-electron chi connectivity index (χ3n) is 5.56. The van der Waals surface area contributed by atoms with Gasteiger partial charge in [-0.3, -0.25) is 9.59 Å². The first-order valence-electron chi connectivity index (χ1n) is 10.2. The van der Waals surface area contributed by atoms with E-state index in [9.17, 15) is 18.4 Å². The maximum atomic E-state index is 13.7. The molecule has 35 heavy (non-hydrogen) atoms. The second-order valence-electron chi connectivity index (χ2n) is 7.92. The molecule has 2 unspecified atom stereocenters. The molecule has 10 heteroatoms. The summed E-state index contributed by atoms with van der Waals surface area (Å²) in [5, 5.41) is 5.62. The molecule has 2 atom stereocenters. The van der Waals surface area contributed by atoms with Gasteiger partial charge in [-0.05, 0) is 60.2 Å². The van der Waals surface area contributed by atoms with E-state index in [0.717, 1.165) is 0 Å². The van der Waals surface area contributed by atoms with Gasteiger partial charge in [0.2, 0.25) is 5.91 Å². The quantitative estimate of drug-likeness (QED) is 0.304. The zero-order valence-electron chi connectivity index (χ0n) is 17.7. The highest BCUT2D eigenvalue weighted by Crippen LogP contribution is 2.65. The Balaban J connectivity index is 1.51. The molecular formula is C25H16Cl4F2N2O2. The molecule has 0 saturated heterocycles. The lowest BCUT2D eigenvalue weighted by molar-refractivity contribution is -0.117. The number of carbonyl (C=O) groups excluding carboxylic acids is 2. The highest BCUT2D eigenvalue weighted by Gasteiger charge is 2.67. The molecule has 0 spiro atoms. The van der Waals surface area contributed by atoms with Crippen molar-refractivity contribution in [2.45, 2.75) is 10.3 Å². The Morgan fingerprint density at radius 1 is 0.857 bits per heavy atom. The smallest absolute Gasteiger partial charge is 0.257 e. The zero-order chi connectivity index (χ0) is 25.5. The SMILES string of the molecule is C=C(F)c1cc(C2C(C(=O)Nc3ccc(Cl)c(C(=O)Nc4ccc(F)cc4)c3)C2(Cl)Cl)ccc1Cl. The van der Waals surface area contributed by atoms with Crippen molar-refractivity contribution in [2.24, 2.45) is 5.92 Å².